The summed E-state index contributed by atoms with van der Waals surface area (Å²) in [5, 5.41) is 8.62. The van der Waals surface area contributed by atoms with Crippen LogP contribution in [0.5, 0.6) is 0 Å². The standard InChI is InChI=1S/C8H13F2NO/c9-8(10)5-7(8)1-2-11(6-7)3-4-12/h12H,1-6H2. The van der Waals surface area contributed by atoms with E-state index in [4.69, 9.17) is 5.11 Å². The van der Waals surface area contributed by atoms with Crippen molar-refractivity contribution in [3.63, 3.8) is 0 Å². The molecule has 2 fully saturated rings. The first-order valence-corrected chi connectivity index (χ1v) is 4.31. The fraction of sp³-hybridized carbons (Fsp3) is 1.00. The minimum Gasteiger partial charge on any atom is -0.395 e. The zero-order valence-corrected chi connectivity index (χ0v) is 6.89. The average Bonchev–Trinajstić information content (AvgIpc) is 2.39. The molecule has 1 atom stereocenters. The Kier molecular flexibility index (Phi) is 1.67. The van der Waals surface area contributed by atoms with E-state index >= 15 is 0 Å². The van der Waals surface area contributed by atoms with Gasteiger partial charge in [-0.05, 0) is 13.0 Å². The fourth-order valence-electron chi connectivity index (χ4n) is 2.11. The van der Waals surface area contributed by atoms with Crippen molar-refractivity contribution in [1.29, 1.82) is 0 Å². The van der Waals surface area contributed by atoms with Crippen LogP contribution in [-0.2, 0) is 0 Å². The number of aliphatic hydroxyl groups is 1. The molecule has 1 N–H and O–H groups in total. The largest absolute Gasteiger partial charge is 0.395 e. The minimum atomic E-state index is -2.42. The molecule has 1 spiro atoms. The molecule has 2 rings (SSSR count). The molecule has 12 heavy (non-hydrogen) atoms. The summed E-state index contributed by atoms with van der Waals surface area (Å²) in [5.74, 6) is -2.42. The molecule has 1 aliphatic heterocycles. The number of aliphatic hydroxyl groups excluding tert-OH is 1. The van der Waals surface area contributed by atoms with Crippen molar-refractivity contribution in [2.75, 3.05) is 26.2 Å². The lowest BCUT2D eigenvalue weighted by atomic mass is 10.1. The lowest BCUT2D eigenvalue weighted by Crippen LogP contribution is -2.25. The summed E-state index contributed by atoms with van der Waals surface area (Å²) < 4.78 is 25.6. The maximum Gasteiger partial charge on any atom is 0.255 e. The minimum absolute atomic E-state index is 0.0575. The Balaban J connectivity index is 1.92. The van der Waals surface area contributed by atoms with E-state index in [1.165, 1.54) is 0 Å². The van der Waals surface area contributed by atoms with Gasteiger partial charge in [0, 0.05) is 19.5 Å². The highest BCUT2D eigenvalue weighted by Gasteiger charge is 2.72. The van der Waals surface area contributed by atoms with Gasteiger partial charge in [-0.15, -0.1) is 0 Å². The zero-order valence-electron chi connectivity index (χ0n) is 6.89. The predicted octanol–water partition coefficient (Wildman–Crippen LogP) is 0.710. The van der Waals surface area contributed by atoms with Gasteiger partial charge in [-0.1, -0.05) is 0 Å². The highest BCUT2D eigenvalue weighted by Crippen LogP contribution is 2.64. The molecule has 0 aromatic rings. The molecule has 70 valence electrons. The summed E-state index contributed by atoms with van der Waals surface area (Å²) >= 11 is 0. The average molecular weight is 177 g/mol. The second-order valence-electron chi connectivity index (χ2n) is 3.91. The number of β-amino-alcohol motifs (C(OH)–C–C–N with tert-alkyl or cyclic N) is 1. The molecule has 0 aromatic heterocycles. The summed E-state index contributed by atoms with van der Waals surface area (Å²) in [5.41, 5.74) is -0.706. The van der Waals surface area contributed by atoms with Crippen molar-refractivity contribution >= 4 is 0 Å². The summed E-state index contributed by atoms with van der Waals surface area (Å²) in [4.78, 5) is 1.92. The molecular formula is C8H13F2NO. The molecule has 0 radical (unpaired) electrons. The third-order valence-electron chi connectivity index (χ3n) is 3.06. The van der Waals surface area contributed by atoms with Gasteiger partial charge in [0.2, 0.25) is 0 Å². The molecule has 0 amide bonds. The number of halogens is 2. The van der Waals surface area contributed by atoms with Gasteiger partial charge in [-0.3, -0.25) is 0 Å². The van der Waals surface area contributed by atoms with Crippen molar-refractivity contribution in [2.45, 2.75) is 18.8 Å². The third kappa shape index (κ3) is 1.05. The van der Waals surface area contributed by atoms with Crippen molar-refractivity contribution < 1.29 is 13.9 Å². The van der Waals surface area contributed by atoms with E-state index in [2.05, 4.69) is 0 Å². The molecule has 1 saturated carbocycles. The van der Waals surface area contributed by atoms with E-state index in [1.54, 1.807) is 0 Å². The summed E-state index contributed by atoms with van der Waals surface area (Å²) in [6.07, 6.45) is 0.655. The molecule has 1 saturated heterocycles. The van der Waals surface area contributed by atoms with Crippen LogP contribution in [0, 0.1) is 5.41 Å². The van der Waals surface area contributed by atoms with Crippen LogP contribution in [0.25, 0.3) is 0 Å². The number of nitrogens with zero attached hydrogens (tertiary/aromatic N) is 1. The monoisotopic (exact) mass is 177 g/mol. The Morgan fingerprint density at radius 3 is 2.50 bits per heavy atom. The second kappa shape index (κ2) is 2.39. The molecule has 4 heteroatoms. The number of hydrogen-bond acceptors (Lipinski definition) is 2. The van der Waals surface area contributed by atoms with Gasteiger partial charge in [-0.2, -0.15) is 0 Å². The van der Waals surface area contributed by atoms with E-state index in [0.717, 1.165) is 6.54 Å². The molecule has 2 nitrogen and oxygen atoms in total. The van der Waals surface area contributed by atoms with E-state index in [-0.39, 0.29) is 13.0 Å². The van der Waals surface area contributed by atoms with E-state index in [0.29, 0.717) is 19.5 Å². The van der Waals surface area contributed by atoms with Crippen LogP contribution >= 0.6 is 0 Å². The lowest BCUT2D eigenvalue weighted by molar-refractivity contribution is 0.0654. The van der Waals surface area contributed by atoms with Crippen molar-refractivity contribution in [2.24, 2.45) is 5.41 Å². The molecule has 0 bridgehead atoms. The third-order valence-corrected chi connectivity index (χ3v) is 3.06. The first-order valence-electron chi connectivity index (χ1n) is 4.31. The number of likely N-dealkylation sites (tertiary alicyclic amines) is 1. The van der Waals surface area contributed by atoms with Crippen LogP contribution < -0.4 is 0 Å². The topological polar surface area (TPSA) is 23.5 Å². The SMILES string of the molecule is OCCN1CCC2(C1)CC2(F)F. The van der Waals surface area contributed by atoms with Crippen molar-refractivity contribution in [3.8, 4) is 0 Å². The number of hydrogen-bond donors (Lipinski definition) is 1. The fourth-order valence-corrected chi connectivity index (χ4v) is 2.11. The molecule has 1 unspecified atom stereocenters. The Labute approximate surface area is 70.2 Å². The van der Waals surface area contributed by atoms with Gasteiger partial charge in [0.15, 0.2) is 0 Å². The first-order chi connectivity index (χ1) is 5.60. The van der Waals surface area contributed by atoms with E-state index in [9.17, 15) is 8.78 Å². The van der Waals surface area contributed by atoms with Crippen LogP contribution in [0.15, 0.2) is 0 Å². The van der Waals surface area contributed by atoms with Crippen LogP contribution in [0.2, 0.25) is 0 Å². The quantitative estimate of drug-likeness (QED) is 0.671. The molecule has 1 aliphatic carbocycles. The Morgan fingerprint density at radius 2 is 2.08 bits per heavy atom. The van der Waals surface area contributed by atoms with Crippen molar-refractivity contribution in [3.05, 3.63) is 0 Å². The smallest absolute Gasteiger partial charge is 0.255 e. The summed E-state index contributed by atoms with van der Waals surface area (Å²) in [6, 6.07) is 0. The lowest BCUT2D eigenvalue weighted by Gasteiger charge is -2.13. The van der Waals surface area contributed by atoms with Crippen LogP contribution in [-0.4, -0.2) is 42.2 Å². The van der Waals surface area contributed by atoms with Crippen LogP contribution in [0.1, 0.15) is 12.8 Å². The molecule has 0 aromatic carbocycles. The van der Waals surface area contributed by atoms with Crippen LogP contribution in [0.3, 0.4) is 0 Å². The number of rotatable bonds is 2. The van der Waals surface area contributed by atoms with Crippen LogP contribution in [0.4, 0.5) is 8.78 Å². The van der Waals surface area contributed by atoms with E-state index < -0.39 is 11.3 Å². The second-order valence-corrected chi connectivity index (χ2v) is 3.91. The number of alkyl halides is 2. The Bertz CT molecular complexity index is 197. The highest BCUT2D eigenvalue weighted by molar-refractivity contribution is 5.14. The summed E-state index contributed by atoms with van der Waals surface area (Å²) in [7, 11) is 0. The zero-order chi connectivity index (χ0) is 8.82. The Hall–Kier alpha value is -0.220. The van der Waals surface area contributed by atoms with Gasteiger partial charge in [0.25, 0.3) is 5.92 Å². The molecule has 2 aliphatic rings. The maximum atomic E-state index is 12.8. The first kappa shape index (κ1) is 8.38. The highest BCUT2D eigenvalue weighted by atomic mass is 19.3. The summed E-state index contributed by atoms with van der Waals surface area (Å²) in [6.45, 7) is 1.80. The normalized spacial score (nSPS) is 39.2. The van der Waals surface area contributed by atoms with E-state index in [1.807, 2.05) is 4.90 Å². The van der Waals surface area contributed by atoms with Gasteiger partial charge in [-0.25, -0.2) is 8.78 Å². The predicted molar refractivity (Wildman–Crippen MR) is 40.1 cm³/mol. The van der Waals surface area contributed by atoms with Crippen molar-refractivity contribution in [1.82, 2.24) is 4.90 Å². The Morgan fingerprint density at radius 1 is 1.42 bits per heavy atom. The molecular weight excluding hydrogens is 164 g/mol. The maximum absolute atomic E-state index is 12.8. The van der Waals surface area contributed by atoms with Gasteiger partial charge in [0.1, 0.15) is 0 Å². The van der Waals surface area contributed by atoms with Gasteiger partial charge < -0.3 is 10.0 Å². The molecule has 1 heterocycles. The van der Waals surface area contributed by atoms with Gasteiger partial charge in [0.05, 0.1) is 12.0 Å². The van der Waals surface area contributed by atoms with Gasteiger partial charge >= 0.3 is 0 Å².